The van der Waals surface area contributed by atoms with E-state index in [9.17, 15) is 0 Å². The number of ether oxygens (including phenoxy) is 1. The maximum Gasteiger partial charge on any atom is 0.158 e. The van der Waals surface area contributed by atoms with Gasteiger partial charge in [0.25, 0.3) is 0 Å². The SMILES string of the molecule is Clc1ccccc1OC1CC1(Cl)Cl. The molecule has 0 aliphatic heterocycles. The van der Waals surface area contributed by atoms with Crippen LogP contribution in [0.1, 0.15) is 6.42 Å². The number of benzene rings is 1. The summed E-state index contributed by atoms with van der Waals surface area (Å²) in [7, 11) is 0. The molecule has 0 saturated heterocycles. The highest BCUT2D eigenvalue weighted by molar-refractivity contribution is 6.51. The van der Waals surface area contributed by atoms with Crippen molar-refractivity contribution in [2.24, 2.45) is 0 Å². The average molecular weight is 238 g/mol. The molecule has 0 spiro atoms. The monoisotopic (exact) mass is 236 g/mol. The van der Waals surface area contributed by atoms with Crippen LogP contribution < -0.4 is 4.74 Å². The van der Waals surface area contributed by atoms with Gasteiger partial charge in [-0.25, -0.2) is 0 Å². The van der Waals surface area contributed by atoms with Crippen molar-refractivity contribution < 1.29 is 4.74 Å². The van der Waals surface area contributed by atoms with E-state index >= 15 is 0 Å². The normalized spacial score (nSPS) is 24.1. The van der Waals surface area contributed by atoms with Gasteiger partial charge in [0.2, 0.25) is 0 Å². The molecule has 0 amide bonds. The Bertz CT molecular complexity index is 324. The first-order valence-electron chi connectivity index (χ1n) is 3.88. The van der Waals surface area contributed by atoms with Crippen molar-refractivity contribution in [3.8, 4) is 5.75 Å². The Morgan fingerprint density at radius 1 is 1.31 bits per heavy atom. The molecule has 1 atom stereocenters. The lowest BCUT2D eigenvalue weighted by Gasteiger charge is -2.06. The summed E-state index contributed by atoms with van der Waals surface area (Å²) in [6.45, 7) is 0. The molecule has 1 unspecified atom stereocenters. The second-order valence-corrected chi connectivity index (χ2v) is 4.95. The van der Waals surface area contributed by atoms with Gasteiger partial charge in [0.1, 0.15) is 11.9 Å². The predicted molar refractivity (Wildman–Crippen MR) is 54.9 cm³/mol. The number of hydrogen-bond acceptors (Lipinski definition) is 1. The minimum Gasteiger partial charge on any atom is -0.486 e. The van der Waals surface area contributed by atoms with Gasteiger partial charge in [-0.2, -0.15) is 0 Å². The van der Waals surface area contributed by atoms with E-state index in [4.69, 9.17) is 39.5 Å². The first kappa shape index (κ1) is 9.45. The van der Waals surface area contributed by atoms with Crippen LogP contribution in [-0.2, 0) is 0 Å². The number of halogens is 3. The number of alkyl halides is 2. The highest BCUT2D eigenvalue weighted by Crippen LogP contribution is 2.49. The Morgan fingerprint density at radius 3 is 2.46 bits per heavy atom. The van der Waals surface area contributed by atoms with E-state index < -0.39 is 4.33 Å². The Kier molecular flexibility index (Phi) is 2.35. The van der Waals surface area contributed by atoms with Gasteiger partial charge in [-0.05, 0) is 12.1 Å². The fourth-order valence-electron chi connectivity index (χ4n) is 1.01. The zero-order chi connectivity index (χ0) is 9.47. The van der Waals surface area contributed by atoms with Gasteiger partial charge < -0.3 is 4.74 Å². The van der Waals surface area contributed by atoms with Crippen molar-refractivity contribution in [2.45, 2.75) is 16.9 Å². The molecule has 0 radical (unpaired) electrons. The number of hydrogen-bond donors (Lipinski definition) is 0. The van der Waals surface area contributed by atoms with Crippen molar-refractivity contribution in [1.82, 2.24) is 0 Å². The van der Waals surface area contributed by atoms with Crippen molar-refractivity contribution in [1.29, 1.82) is 0 Å². The molecule has 0 N–H and O–H groups in total. The summed E-state index contributed by atoms with van der Waals surface area (Å²) in [6, 6.07) is 7.26. The van der Waals surface area contributed by atoms with Crippen molar-refractivity contribution in [3.63, 3.8) is 0 Å². The second-order valence-electron chi connectivity index (χ2n) is 3.00. The third-order valence-corrected chi connectivity index (χ3v) is 2.98. The zero-order valence-electron chi connectivity index (χ0n) is 6.64. The van der Waals surface area contributed by atoms with E-state index in [1.807, 2.05) is 12.1 Å². The fourth-order valence-corrected chi connectivity index (χ4v) is 1.56. The van der Waals surface area contributed by atoms with E-state index in [0.717, 1.165) is 0 Å². The highest BCUT2D eigenvalue weighted by Gasteiger charge is 2.54. The van der Waals surface area contributed by atoms with Crippen molar-refractivity contribution in [3.05, 3.63) is 29.3 Å². The van der Waals surface area contributed by atoms with E-state index in [2.05, 4.69) is 0 Å². The molecule has 4 heteroatoms. The van der Waals surface area contributed by atoms with Gasteiger partial charge in [-0.1, -0.05) is 46.9 Å². The summed E-state index contributed by atoms with van der Waals surface area (Å²) >= 11 is 17.5. The van der Waals surface area contributed by atoms with Crippen LogP contribution in [0.25, 0.3) is 0 Å². The van der Waals surface area contributed by atoms with Gasteiger partial charge in [-0.15, -0.1) is 0 Å². The van der Waals surface area contributed by atoms with Crippen molar-refractivity contribution in [2.75, 3.05) is 0 Å². The molecule has 0 bridgehead atoms. The summed E-state index contributed by atoms with van der Waals surface area (Å²) in [5.74, 6) is 0.636. The smallest absolute Gasteiger partial charge is 0.158 e. The van der Waals surface area contributed by atoms with Crippen LogP contribution in [0.3, 0.4) is 0 Å². The molecular formula is C9H7Cl3O. The predicted octanol–water partition coefficient (Wildman–Crippen LogP) is 3.67. The Morgan fingerprint density at radius 2 is 1.92 bits per heavy atom. The Labute approximate surface area is 91.5 Å². The molecule has 1 saturated carbocycles. The van der Waals surface area contributed by atoms with Crippen LogP contribution in [0.5, 0.6) is 5.75 Å². The van der Waals surface area contributed by atoms with E-state index in [1.165, 1.54) is 0 Å². The van der Waals surface area contributed by atoms with Gasteiger partial charge >= 0.3 is 0 Å². The summed E-state index contributed by atoms with van der Waals surface area (Å²) in [5.41, 5.74) is 0. The molecule has 1 fully saturated rings. The molecule has 1 aliphatic carbocycles. The van der Waals surface area contributed by atoms with E-state index in [0.29, 0.717) is 17.2 Å². The quantitative estimate of drug-likeness (QED) is 0.713. The molecule has 70 valence electrons. The lowest BCUT2D eigenvalue weighted by molar-refractivity contribution is 0.300. The molecular weight excluding hydrogens is 230 g/mol. The van der Waals surface area contributed by atoms with Crippen LogP contribution in [0.4, 0.5) is 0 Å². The maximum absolute atomic E-state index is 5.88. The lowest BCUT2D eigenvalue weighted by atomic mass is 10.3. The largest absolute Gasteiger partial charge is 0.486 e. The van der Waals surface area contributed by atoms with Gasteiger partial charge in [-0.3, -0.25) is 0 Å². The van der Waals surface area contributed by atoms with E-state index in [1.54, 1.807) is 12.1 Å². The Hall–Kier alpha value is -0.110. The highest BCUT2D eigenvalue weighted by atomic mass is 35.5. The topological polar surface area (TPSA) is 9.23 Å². The second kappa shape index (κ2) is 3.23. The molecule has 13 heavy (non-hydrogen) atoms. The summed E-state index contributed by atoms with van der Waals surface area (Å²) in [6.07, 6.45) is 0.525. The van der Waals surface area contributed by atoms with Gasteiger partial charge in [0.15, 0.2) is 4.33 Å². The van der Waals surface area contributed by atoms with Crippen LogP contribution in [0.15, 0.2) is 24.3 Å². The maximum atomic E-state index is 5.88. The zero-order valence-corrected chi connectivity index (χ0v) is 8.90. The van der Waals surface area contributed by atoms with E-state index in [-0.39, 0.29) is 6.10 Å². The Balaban J connectivity index is 2.07. The minimum absolute atomic E-state index is 0.129. The van der Waals surface area contributed by atoms with Crippen LogP contribution >= 0.6 is 34.8 Å². The number of rotatable bonds is 2. The fraction of sp³-hybridized carbons (Fsp3) is 0.333. The minimum atomic E-state index is -0.723. The third kappa shape index (κ3) is 2.04. The van der Waals surface area contributed by atoms with Crippen molar-refractivity contribution >= 4 is 34.8 Å². The summed E-state index contributed by atoms with van der Waals surface area (Å²) in [4.78, 5) is 0. The molecule has 1 nitrogen and oxygen atoms in total. The number of para-hydroxylation sites is 1. The molecule has 0 heterocycles. The molecule has 2 rings (SSSR count). The summed E-state index contributed by atoms with van der Waals surface area (Å²) < 4.78 is 4.75. The molecule has 0 aromatic heterocycles. The first-order chi connectivity index (χ1) is 6.09. The standard InChI is InChI=1S/C9H7Cl3O/c10-6-3-1-2-4-7(6)13-8-5-9(8,11)12/h1-4,8H,5H2. The summed E-state index contributed by atoms with van der Waals surface area (Å²) in [5, 5.41) is 0.582. The van der Waals surface area contributed by atoms with Gasteiger partial charge in [0.05, 0.1) is 5.02 Å². The molecule has 1 aromatic rings. The van der Waals surface area contributed by atoms with Crippen LogP contribution in [0, 0.1) is 0 Å². The van der Waals surface area contributed by atoms with Crippen LogP contribution in [0.2, 0.25) is 5.02 Å². The third-order valence-electron chi connectivity index (χ3n) is 1.87. The lowest BCUT2D eigenvalue weighted by Crippen LogP contribution is -2.05. The average Bonchev–Trinajstić information content (AvgIpc) is 2.64. The van der Waals surface area contributed by atoms with Gasteiger partial charge in [0, 0.05) is 6.42 Å². The molecule has 1 aromatic carbocycles. The van der Waals surface area contributed by atoms with Crippen LogP contribution in [-0.4, -0.2) is 10.4 Å². The molecule has 1 aliphatic rings. The first-order valence-corrected chi connectivity index (χ1v) is 5.02.